The van der Waals surface area contributed by atoms with Gasteiger partial charge in [-0.15, -0.1) is 10.2 Å². The van der Waals surface area contributed by atoms with Gasteiger partial charge in [-0.1, -0.05) is 0 Å². The summed E-state index contributed by atoms with van der Waals surface area (Å²) in [5.74, 6) is 2.66. The first-order valence-electron chi connectivity index (χ1n) is 9.65. The van der Waals surface area contributed by atoms with Crippen LogP contribution >= 0.6 is 0 Å². The van der Waals surface area contributed by atoms with Crippen LogP contribution in [-0.2, 0) is 0 Å². The molecular weight excluding hydrogens is 373 g/mol. The van der Waals surface area contributed by atoms with Crippen LogP contribution in [0.5, 0.6) is 11.6 Å². The van der Waals surface area contributed by atoms with Crippen LogP contribution in [0, 0.1) is 19.7 Å². The Morgan fingerprint density at radius 2 is 1.86 bits per heavy atom. The Kier molecular flexibility index (Phi) is 5.33. The van der Waals surface area contributed by atoms with Crippen molar-refractivity contribution in [1.82, 2.24) is 19.7 Å². The fraction of sp³-hybridized carbons (Fsp3) is 0.381. The van der Waals surface area contributed by atoms with Gasteiger partial charge in [0.15, 0.2) is 0 Å². The molecule has 2 aromatic heterocycles. The van der Waals surface area contributed by atoms with Gasteiger partial charge < -0.3 is 14.4 Å². The van der Waals surface area contributed by atoms with Gasteiger partial charge in [0.1, 0.15) is 23.5 Å². The van der Waals surface area contributed by atoms with Gasteiger partial charge in [0.05, 0.1) is 19.0 Å². The lowest BCUT2D eigenvalue weighted by atomic mass is 10.1. The average Bonchev–Trinajstić information content (AvgIpc) is 3.12. The lowest BCUT2D eigenvalue weighted by Gasteiger charge is -2.33. The molecule has 7 nitrogen and oxygen atoms in total. The van der Waals surface area contributed by atoms with E-state index in [0.29, 0.717) is 5.88 Å². The Hall–Kier alpha value is -3.16. The predicted octanol–water partition coefficient (Wildman–Crippen LogP) is 3.47. The summed E-state index contributed by atoms with van der Waals surface area (Å²) in [6.45, 7) is 5.38. The Morgan fingerprint density at radius 1 is 1.07 bits per heavy atom. The van der Waals surface area contributed by atoms with Crippen molar-refractivity contribution >= 4 is 5.95 Å². The van der Waals surface area contributed by atoms with E-state index in [9.17, 15) is 4.39 Å². The molecule has 1 aliphatic heterocycles. The van der Waals surface area contributed by atoms with Gasteiger partial charge in [-0.25, -0.2) is 9.37 Å². The van der Waals surface area contributed by atoms with Crippen molar-refractivity contribution in [1.29, 1.82) is 0 Å². The van der Waals surface area contributed by atoms with Crippen LogP contribution in [0.3, 0.4) is 0 Å². The molecule has 152 valence electrons. The van der Waals surface area contributed by atoms with Gasteiger partial charge in [0, 0.05) is 32.0 Å². The number of anilines is 1. The van der Waals surface area contributed by atoms with Gasteiger partial charge >= 0.3 is 0 Å². The first-order chi connectivity index (χ1) is 14.0. The van der Waals surface area contributed by atoms with Gasteiger partial charge in [-0.2, -0.15) is 0 Å². The molecule has 0 radical (unpaired) electrons. The molecule has 0 atom stereocenters. The summed E-state index contributed by atoms with van der Waals surface area (Å²) in [6.07, 6.45) is 3.55. The number of aryl methyl sites for hydroxylation is 2. The van der Waals surface area contributed by atoms with Crippen molar-refractivity contribution < 1.29 is 13.9 Å². The summed E-state index contributed by atoms with van der Waals surface area (Å²) in [7, 11) is 1.59. The van der Waals surface area contributed by atoms with Crippen LogP contribution in [0.2, 0.25) is 0 Å². The third-order valence-corrected chi connectivity index (χ3v) is 5.15. The number of ether oxygens (including phenoxy) is 2. The fourth-order valence-corrected chi connectivity index (χ4v) is 3.58. The van der Waals surface area contributed by atoms with Crippen LogP contribution in [0.4, 0.5) is 10.3 Å². The molecule has 1 aromatic carbocycles. The molecule has 0 unspecified atom stereocenters. The fourth-order valence-electron chi connectivity index (χ4n) is 3.58. The first kappa shape index (κ1) is 19.2. The molecule has 4 rings (SSSR count). The Bertz CT molecular complexity index is 981. The van der Waals surface area contributed by atoms with Crippen molar-refractivity contribution in [3.63, 3.8) is 0 Å². The minimum Gasteiger partial charge on any atom is -0.490 e. The van der Waals surface area contributed by atoms with E-state index in [2.05, 4.69) is 20.1 Å². The zero-order valence-electron chi connectivity index (χ0n) is 16.8. The van der Waals surface area contributed by atoms with Crippen LogP contribution in [0.25, 0.3) is 5.69 Å². The minimum absolute atomic E-state index is 0.0931. The number of aromatic nitrogens is 4. The number of halogens is 1. The number of pyridine rings is 1. The number of nitrogens with zero attached hydrogens (tertiary/aromatic N) is 5. The standard InChI is InChI=1S/C21H24FN5O2/c1-14-12-16(22)4-6-19(14)29-18-8-10-26(11-9-18)21-25-24-15(2)27(21)17-5-7-20(28-3)23-13-17/h4-7,12-13,18H,8-11H2,1-3H3. The summed E-state index contributed by atoms with van der Waals surface area (Å²) < 4.78 is 26.5. The van der Waals surface area contributed by atoms with Crippen LogP contribution in [-0.4, -0.2) is 46.1 Å². The van der Waals surface area contributed by atoms with Gasteiger partial charge in [-0.05, 0) is 43.7 Å². The van der Waals surface area contributed by atoms with Crippen molar-refractivity contribution in [2.24, 2.45) is 0 Å². The lowest BCUT2D eigenvalue weighted by molar-refractivity contribution is 0.169. The topological polar surface area (TPSA) is 65.3 Å². The van der Waals surface area contributed by atoms with Gasteiger partial charge in [0.25, 0.3) is 0 Å². The largest absolute Gasteiger partial charge is 0.490 e. The second-order valence-electron chi connectivity index (χ2n) is 7.16. The number of hydrogen-bond donors (Lipinski definition) is 0. The number of piperidine rings is 1. The smallest absolute Gasteiger partial charge is 0.231 e. The highest BCUT2D eigenvalue weighted by Crippen LogP contribution is 2.27. The third kappa shape index (κ3) is 4.01. The maximum absolute atomic E-state index is 13.3. The number of benzene rings is 1. The molecule has 0 amide bonds. The van der Waals surface area contributed by atoms with Crippen molar-refractivity contribution in [3.05, 3.63) is 53.7 Å². The zero-order valence-corrected chi connectivity index (χ0v) is 16.8. The van der Waals surface area contributed by atoms with Crippen LogP contribution in [0.1, 0.15) is 24.2 Å². The second-order valence-corrected chi connectivity index (χ2v) is 7.16. The second kappa shape index (κ2) is 8.06. The molecule has 8 heteroatoms. The molecule has 1 fully saturated rings. The normalized spacial score (nSPS) is 14.8. The molecule has 1 aliphatic rings. The molecule has 0 bridgehead atoms. The number of methoxy groups -OCH3 is 1. The summed E-state index contributed by atoms with van der Waals surface area (Å²) in [6, 6.07) is 8.40. The molecule has 0 saturated carbocycles. The molecule has 0 aliphatic carbocycles. The molecule has 29 heavy (non-hydrogen) atoms. The van der Waals surface area contributed by atoms with Gasteiger partial charge in [0.2, 0.25) is 11.8 Å². The molecule has 3 aromatic rings. The van der Waals surface area contributed by atoms with Crippen LogP contribution in [0.15, 0.2) is 36.5 Å². The summed E-state index contributed by atoms with van der Waals surface area (Å²) in [5.41, 5.74) is 1.71. The molecular formula is C21H24FN5O2. The van der Waals surface area contributed by atoms with E-state index in [1.54, 1.807) is 19.4 Å². The SMILES string of the molecule is COc1ccc(-n2c(C)nnc2N2CCC(Oc3ccc(F)cc3C)CC2)cn1. The van der Waals surface area contributed by atoms with Crippen molar-refractivity contribution in [2.45, 2.75) is 32.8 Å². The summed E-state index contributed by atoms with van der Waals surface area (Å²) in [4.78, 5) is 6.50. The predicted molar refractivity (Wildman–Crippen MR) is 107 cm³/mol. The monoisotopic (exact) mass is 397 g/mol. The van der Waals surface area contributed by atoms with E-state index in [1.165, 1.54) is 12.1 Å². The Morgan fingerprint density at radius 3 is 2.52 bits per heavy atom. The zero-order chi connectivity index (χ0) is 20.4. The van der Waals surface area contributed by atoms with E-state index in [1.807, 2.05) is 30.5 Å². The maximum atomic E-state index is 13.3. The highest BCUT2D eigenvalue weighted by atomic mass is 19.1. The van der Waals surface area contributed by atoms with E-state index < -0.39 is 0 Å². The number of hydrogen-bond acceptors (Lipinski definition) is 6. The van der Waals surface area contributed by atoms with Crippen LogP contribution < -0.4 is 14.4 Å². The summed E-state index contributed by atoms with van der Waals surface area (Å²) in [5, 5.41) is 8.65. The third-order valence-electron chi connectivity index (χ3n) is 5.15. The van der Waals surface area contributed by atoms with E-state index in [0.717, 1.165) is 54.7 Å². The molecule has 0 N–H and O–H groups in total. The highest BCUT2D eigenvalue weighted by Gasteiger charge is 2.25. The minimum atomic E-state index is -0.243. The quantitative estimate of drug-likeness (QED) is 0.657. The molecule has 3 heterocycles. The first-order valence-corrected chi connectivity index (χ1v) is 9.65. The van der Waals surface area contributed by atoms with E-state index in [4.69, 9.17) is 9.47 Å². The van der Waals surface area contributed by atoms with Gasteiger partial charge in [-0.3, -0.25) is 4.57 Å². The summed E-state index contributed by atoms with van der Waals surface area (Å²) >= 11 is 0. The molecule has 0 spiro atoms. The lowest BCUT2D eigenvalue weighted by Crippen LogP contribution is -2.39. The molecule has 1 saturated heterocycles. The van der Waals surface area contributed by atoms with Crippen molar-refractivity contribution in [3.8, 4) is 17.3 Å². The van der Waals surface area contributed by atoms with E-state index in [-0.39, 0.29) is 11.9 Å². The maximum Gasteiger partial charge on any atom is 0.231 e. The van der Waals surface area contributed by atoms with Crippen molar-refractivity contribution in [2.75, 3.05) is 25.1 Å². The Labute approximate surface area is 169 Å². The number of rotatable bonds is 5. The average molecular weight is 397 g/mol. The Balaban J connectivity index is 1.46. The highest BCUT2D eigenvalue weighted by molar-refractivity contribution is 5.44. The van der Waals surface area contributed by atoms with E-state index >= 15 is 0 Å².